The Morgan fingerprint density at radius 3 is 2.61 bits per heavy atom. The lowest BCUT2D eigenvalue weighted by molar-refractivity contribution is -0.146. The maximum atomic E-state index is 11.6. The van der Waals surface area contributed by atoms with E-state index in [0.29, 0.717) is 13.2 Å². The Labute approximate surface area is 137 Å². The molecule has 2 rings (SSSR count). The molecule has 6 nitrogen and oxygen atoms in total. The van der Waals surface area contributed by atoms with E-state index in [2.05, 4.69) is 15.2 Å². The maximum Gasteiger partial charge on any atom is 0.308 e. The molecule has 1 N–H and O–H groups in total. The minimum Gasteiger partial charge on any atom is -0.492 e. The second-order valence-electron chi connectivity index (χ2n) is 5.42. The Morgan fingerprint density at radius 2 is 2.00 bits per heavy atom. The fraction of sp³-hybridized carbons (Fsp3) is 0.529. The number of likely N-dealkylation sites (tertiary alicyclic amines) is 1. The van der Waals surface area contributed by atoms with Crippen molar-refractivity contribution in [3.63, 3.8) is 0 Å². The monoisotopic (exact) mass is 319 g/mol. The number of guanidine groups is 1. The number of piperidine rings is 1. The molecule has 1 heterocycles. The molecule has 0 atom stereocenters. The van der Waals surface area contributed by atoms with Crippen LogP contribution < -0.4 is 10.1 Å². The molecule has 0 amide bonds. The van der Waals surface area contributed by atoms with E-state index in [1.165, 1.54) is 7.11 Å². The summed E-state index contributed by atoms with van der Waals surface area (Å²) >= 11 is 0. The van der Waals surface area contributed by atoms with Gasteiger partial charge in [0, 0.05) is 20.1 Å². The molecule has 0 aromatic heterocycles. The number of para-hydroxylation sites is 1. The van der Waals surface area contributed by atoms with Crippen LogP contribution in [0.2, 0.25) is 0 Å². The summed E-state index contributed by atoms with van der Waals surface area (Å²) in [6.07, 6.45) is 1.60. The molecule has 1 fully saturated rings. The van der Waals surface area contributed by atoms with E-state index in [1.54, 1.807) is 7.05 Å². The van der Waals surface area contributed by atoms with Crippen molar-refractivity contribution in [3.8, 4) is 5.75 Å². The highest BCUT2D eigenvalue weighted by molar-refractivity contribution is 5.80. The molecule has 0 spiro atoms. The lowest BCUT2D eigenvalue weighted by Crippen LogP contribution is -2.47. The quantitative estimate of drug-likeness (QED) is 0.386. The SMILES string of the molecule is CN=C(NCCOc1ccccc1)N1CCC(C(=O)OC)CC1. The van der Waals surface area contributed by atoms with E-state index in [0.717, 1.165) is 37.6 Å². The topological polar surface area (TPSA) is 63.2 Å². The number of benzene rings is 1. The van der Waals surface area contributed by atoms with Gasteiger partial charge < -0.3 is 19.7 Å². The summed E-state index contributed by atoms with van der Waals surface area (Å²) in [6, 6.07) is 9.74. The van der Waals surface area contributed by atoms with Gasteiger partial charge in [0.25, 0.3) is 0 Å². The smallest absolute Gasteiger partial charge is 0.308 e. The zero-order valence-electron chi connectivity index (χ0n) is 13.8. The van der Waals surface area contributed by atoms with Gasteiger partial charge in [-0.2, -0.15) is 0 Å². The third kappa shape index (κ3) is 5.16. The van der Waals surface area contributed by atoms with Crippen LogP contribution in [-0.2, 0) is 9.53 Å². The Hall–Kier alpha value is -2.24. The van der Waals surface area contributed by atoms with Crippen molar-refractivity contribution < 1.29 is 14.3 Å². The van der Waals surface area contributed by atoms with E-state index in [4.69, 9.17) is 9.47 Å². The van der Waals surface area contributed by atoms with E-state index in [1.807, 2.05) is 30.3 Å². The van der Waals surface area contributed by atoms with Gasteiger partial charge in [0.1, 0.15) is 12.4 Å². The van der Waals surface area contributed by atoms with Crippen LogP contribution in [0.4, 0.5) is 0 Å². The molecule has 0 radical (unpaired) electrons. The molecule has 1 aliphatic heterocycles. The Bertz CT molecular complexity index is 511. The average molecular weight is 319 g/mol. The Morgan fingerprint density at radius 1 is 1.30 bits per heavy atom. The van der Waals surface area contributed by atoms with Gasteiger partial charge in [0.05, 0.1) is 19.6 Å². The molecule has 0 aliphatic carbocycles. The van der Waals surface area contributed by atoms with Crippen LogP contribution in [0.15, 0.2) is 35.3 Å². The minimum atomic E-state index is -0.108. The number of rotatable bonds is 5. The fourth-order valence-electron chi connectivity index (χ4n) is 2.67. The number of aliphatic imine (C=N–C) groups is 1. The van der Waals surface area contributed by atoms with E-state index in [9.17, 15) is 4.79 Å². The Balaban J connectivity index is 1.71. The zero-order valence-corrected chi connectivity index (χ0v) is 13.8. The number of hydrogen-bond acceptors (Lipinski definition) is 4. The van der Waals surface area contributed by atoms with Crippen LogP contribution in [0, 0.1) is 5.92 Å². The van der Waals surface area contributed by atoms with Crippen LogP contribution >= 0.6 is 0 Å². The predicted octanol–water partition coefficient (Wildman–Crippen LogP) is 1.53. The van der Waals surface area contributed by atoms with Gasteiger partial charge in [-0.25, -0.2) is 0 Å². The largest absolute Gasteiger partial charge is 0.492 e. The van der Waals surface area contributed by atoms with Crippen LogP contribution in [0.5, 0.6) is 5.75 Å². The molecule has 1 saturated heterocycles. The summed E-state index contributed by atoms with van der Waals surface area (Å²) in [7, 11) is 3.22. The van der Waals surface area contributed by atoms with Crippen LogP contribution in [0.1, 0.15) is 12.8 Å². The molecule has 1 aliphatic rings. The lowest BCUT2D eigenvalue weighted by Gasteiger charge is -2.33. The van der Waals surface area contributed by atoms with Crippen molar-refractivity contribution in [3.05, 3.63) is 30.3 Å². The predicted molar refractivity (Wildman–Crippen MR) is 89.6 cm³/mol. The highest BCUT2D eigenvalue weighted by Gasteiger charge is 2.26. The van der Waals surface area contributed by atoms with Crippen LogP contribution in [-0.4, -0.2) is 57.2 Å². The molecule has 0 bridgehead atoms. The number of ether oxygens (including phenoxy) is 2. The second-order valence-corrected chi connectivity index (χ2v) is 5.42. The number of hydrogen-bond donors (Lipinski definition) is 1. The third-order valence-corrected chi connectivity index (χ3v) is 3.94. The lowest BCUT2D eigenvalue weighted by atomic mass is 9.97. The Kier molecular flexibility index (Phi) is 6.72. The highest BCUT2D eigenvalue weighted by atomic mass is 16.5. The number of carbonyl (C=O) groups excluding carboxylic acids is 1. The molecule has 1 aromatic carbocycles. The van der Waals surface area contributed by atoms with Crippen molar-refractivity contribution in [1.29, 1.82) is 0 Å². The summed E-state index contributed by atoms with van der Waals surface area (Å²) < 4.78 is 10.5. The molecule has 0 saturated carbocycles. The fourth-order valence-corrected chi connectivity index (χ4v) is 2.67. The summed E-state index contributed by atoms with van der Waals surface area (Å²) in [5.41, 5.74) is 0. The first-order valence-electron chi connectivity index (χ1n) is 7.96. The molecular weight excluding hydrogens is 294 g/mol. The number of nitrogens with one attached hydrogen (secondary N) is 1. The number of methoxy groups -OCH3 is 1. The first kappa shape index (κ1) is 17.1. The summed E-state index contributed by atoms with van der Waals surface area (Å²) in [5.74, 6) is 1.62. The van der Waals surface area contributed by atoms with Crippen molar-refractivity contribution in [2.75, 3.05) is 40.4 Å². The van der Waals surface area contributed by atoms with Gasteiger partial charge in [-0.1, -0.05) is 18.2 Å². The first-order chi connectivity index (χ1) is 11.2. The summed E-state index contributed by atoms with van der Waals surface area (Å²) in [4.78, 5) is 18.0. The standard InChI is InChI=1S/C17H25N3O3/c1-18-17(19-10-13-23-15-6-4-3-5-7-15)20-11-8-14(9-12-20)16(21)22-2/h3-7,14H,8-13H2,1-2H3,(H,18,19). The number of carbonyl (C=O) groups is 1. The van der Waals surface area contributed by atoms with Gasteiger partial charge in [-0.3, -0.25) is 9.79 Å². The maximum absolute atomic E-state index is 11.6. The van der Waals surface area contributed by atoms with E-state index < -0.39 is 0 Å². The zero-order chi connectivity index (χ0) is 16.5. The number of esters is 1. The van der Waals surface area contributed by atoms with E-state index in [-0.39, 0.29) is 11.9 Å². The second kappa shape index (κ2) is 9.02. The summed E-state index contributed by atoms with van der Waals surface area (Å²) in [5, 5.41) is 3.30. The normalized spacial score (nSPS) is 16.1. The summed E-state index contributed by atoms with van der Waals surface area (Å²) in [6.45, 7) is 2.86. The average Bonchev–Trinajstić information content (AvgIpc) is 2.62. The first-order valence-corrected chi connectivity index (χ1v) is 7.96. The van der Waals surface area contributed by atoms with E-state index >= 15 is 0 Å². The van der Waals surface area contributed by atoms with Gasteiger partial charge in [-0.15, -0.1) is 0 Å². The van der Waals surface area contributed by atoms with Gasteiger partial charge in [0.15, 0.2) is 5.96 Å². The van der Waals surface area contributed by atoms with Gasteiger partial charge >= 0.3 is 5.97 Å². The van der Waals surface area contributed by atoms with Crippen molar-refractivity contribution in [1.82, 2.24) is 10.2 Å². The van der Waals surface area contributed by atoms with Crippen LogP contribution in [0.25, 0.3) is 0 Å². The van der Waals surface area contributed by atoms with Crippen LogP contribution in [0.3, 0.4) is 0 Å². The number of nitrogens with zero attached hydrogens (tertiary/aromatic N) is 2. The molecular formula is C17H25N3O3. The molecule has 0 unspecified atom stereocenters. The molecule has 23 heavy (non-hydrogen) atoms. The third-order valence-electron chi connectivity index (χ3n) is 3.94. The van der Waals surface area contributed by atoms with Gasteiger partial charge in [0.2, 0.25) is 0 Å². The minimum absolute atomic E-state index is 0.00997. The molecule has 126 valence electrons. The van der Waals surface area contributed by atoms with Crippen molar-refractivity contribution in [2.45, 2.75) is 12.8 Å². The van der Waals surface area contributed by atoms with Crippen molar-refractivity contribution >= 4 is 11.9 Å². The van der Waals surface area contributed by atoms with Crippen molar-refractivity contribution in [2.24, 2.45) is 10.9 Å². The molecule has 1 aromatic rings. The van der Waals surface area contributed by atoms with Gasteiger partial charge in [-0.05, 0) is 25.0 Å². The molecule has 6 heteroatoms. The highest BCUT2D eigenvalue weighted by Crippen LogP contribution is 2.18.